The van der Waals surface area contributed by atoms with E-state index in [4.69, 9.17) is 9.47 Å². The van der Waals surface area contributed by atoms with Gasteiger partial charge in [-0.3, -0.25) is 14.4 Å². The van der Waals surface area contributed by atoms with E-state index in [0.717, 1.165) is 12.1 Å². The molecule has 2 heterocycles. The van der Waals surface area contributed by atoms with Gasteiger partial charge < -0.3 is 29.6 Å². The summed E-state index contributed by atoms with van der Waals surface area (Å²) in [5.74, 6) is -1.87. The van der Waals surface area contributed by atoms with Gasteiger partial charge in [-0.1, -0.05) is 12.1 Å². The zero-order valence-electron chi connectivity index (χ0n) is 27.2. The molecule has 2 aromatic carbocycles. The number of carbonyl (C=O) groups excluding carboxylic acids is 3. The van der Waals surface area contributed by atoms with Gasteiger partial charge in [0.2, 0.25) is 5.91 Å². The molecule has 1 atom stereocenters. The van der Waals surface area contributed by atoms with Crippen LogP contribution in [0.3, 0.4) is 0 Å². The van der Waals surface area contributed by atoms with Crippen LogP contribution in [0.4, 0.5) is 19.3 Å². The average Bonchev–Trinajstić information content (AvgIpc) is 3.42. The Hall–Kier alpha value is -5.11. The number of anilines is 1. The Kier molecular flexibility index (Phi) is 11.7. The number of ether oxygens (including phenoxy) is 2. The van der Waals surface area contributed by atoms with Crippen LogP contribution in [0.2, 0.25) is 0 Å². The van der Waals surface area contributed by atoms with Crippen molar-refractivity contribution in [2.24, 2.45) is 0 Å². The number of aromatic nitrogens is 2. The van der Waals surface area contributed by atoms with Gasteiger partial charge in [-0.15, -0.1) is 11.3 Å². The van der Waals surface area contributed by atoms with E-state index < -0.39 is 40.8 Å². The number of allylic oxidation sites excluding steroid dienone is 1. The van der Waals surface area contributed by atoms with Gasteiger partial charge in [-0.05, 0) is 76.1 Å². The molecule has 2 N–H and O–H groups in total. The number of pyridine rings is 1. The molecular formula is C34H37F2N5O6S. The van der Waals surface area contributed by atoms with Crippen LogP contribution in [-0.4, -0.2) is 58.1 Å². The van der Waals surface area contributed by atoms with E-state index in [1.807, 2.05) is 0 Å². The Morgan fingerprint density at radius 3 is 2.58 bits per heavy atom. The van der Waals surface area contributed by atoms with Crippen molar-refractivity contribution >= 4 is 45.1 Å². The van der Waals surface area contributed by atoms with E-state index in [1.54, 1.807) is 71.4 Å². The highest BCUT2D eigenvalue weighted by atomic mass is 32.1. The Bertz CT molecular complexity index is 1880. The fourth-order valence-electron chi connectivity index (χ4n) is 4.35. The van der Waals surface area contributed by atoms with Gasteiger partial charge in [0.15, 0.2) is 6.10 Å². The maximum Gasteiger partial charge on any atom is 0.408 e. The molecule has 0 radical (unpaired) electrons. The molecule has 0 aliphatic heterocycles. The minimum atomic E-state index is -1.26. The van der Waals surface area contributed by atoms with Crippen LogP contribution in [0.15, 0.2) is 71.7 Å². The summed E-state index contributed by atoms with van der Waals surface area (Å²) >= 11 is 1.29. The first-order valence-corrected chi connectivity index (χ1v) is 15.8. The van der Waals surface area contributed by atoms with Gasteiger partial charge in [0, 0.05) is 37.5 Å². The highest BCUT2D eigenvalue weighted by Crippen LogP contribution is 2.32. The zero-order chi connectivity index (χ0) is 35.0. The first-order valence-electron chi connectivity index (χ1n) is 15.0. The minimum absolute atomic E-state index is 0.0304. The second-order valence-electron chi connectivity index (χ2n) is 12.1. The number of halogens is 2. The summed E-state index contributed by atoms with van der Waals surface area (Å²) in [5.41, 5.74) is -0.349. The zero-order valence-corrected chi connectivity index (χ0v) is 28.0. The number of amides is 3. The number of nitrogens with one attached hydrogen (secondary N) is 2. The normalized spacial score (nSPS) is 12.1. The third kappa shape index (κ3) is 9.94. The minimum Gasteiger partial charge on any atom is -0.487 e. The van der Waals surface area contributed by atoms with Crippen molar-refractivity contribution in [1.82, 2.24) is 19.8 Å². The monoisotopic (exact) mass is 681 g/mol. The van der Waals surface area contributed by atoms with Crippen LogP contribution in [0.1, 0.15) is 44.2 Å². The molecule has 4 aromatic rings. The van der Waals surface area contributed by atoms with E-state index in [9.17, 15) is 28.0 Å². The molecule has 0 aliphatic rings. The first kappa shape index (κ1) is 35.7. The largest absolute Gasteiger partial charge is 0.487 e. The van der Waals surface area contributed by atoms with Crippen molar-refractivity contribution < 1.29 is 32.6 Å². The molecule has 254 valence electrons. The van der Waals surface area contributed by atoms with E-state index in [-0.39, 0.29) is 43.2 Å². The lowest BCUT2D eigenvalue weighted by Gasteiger charge is -2.23. The van der Waals surface area contributed by atoms with Crippen molar-refractivity contribution in [3.8, 4) is 5.75 Å². The van der Waals surface area contributed by atoms with Crippen LogP contribution in [0.25, 0.3) is 10.2 Å². The highest BCUT2D eigenvalue weighted by molar-refractivity contribution is 7.19. The molecule has 0 saturated carbocycles. The number of nitrogens with zero attached hydrogens (tertiary/aromatic N) is 3. The molecular weight excluding hydrogens is 644 g/mol. The molecule has 0 aliphatic carbocycles. The third-order valence-corrected chi connectivity index (χ3v) is 7.79. The average molecular weight is 682 g/mol. The van der Waals surface area contributed by atoms with Gasteiger partial charge in [0.05, 0.1) is 16.8 Å². The molecule has 0 spiro atoms. The Morgan fingerprint density at radius 1 is 1.10 bits per heavy atom. The van der Waals surface area contributed by atoms with Crippen molar-refractivity contribution in [3.05, 3.63) is 99.4 Å². The van der Waals surface area contributed by atoms with Crippen LogP contribution in [0, 0.1) is 11.6 Å². The topological polar surface area (TPSA) is 132 Å². The second kappa shape index (κ2) is 15.7. The van der Waals surface area contributed by atoms with Crippen LogP contribution >= 0.6 is 11.3 Å². The van der Waals surface area contributed by atoms with Crippen molar-refractivity contribution in [2.45, 2.75) is 58.4 Å². The number of hydrogen-bond donors (Lipinski definition) is 2. The highest BCUT2D eigenvalue weighted by Gasteiger charge is 2.26. The Labute approximate surface area is 280 Å². The standard InChI is InChI=1S/C34H37F2N5O6S/c1-34(2,3)39-33(45)47-27(12-6-7-14-29(42)40(4)5)31(43)38-25-11-9-17-41(32(25)44)19-28-37-24-10-8-13-26(30(24)48-28)46-20-21-15-16-22(35)18-23(21)36/h7-11,13-18,27H,6,12,19-20H2,1-5H3,(H,38,43)(H,39,45)/b14-7+. The summed E-state index contributed by atoms with van der Waals surface area (Å²) < 4.78 is 40.7. The summed E-state index contributed by atoms with van der Waals surface area (Å²) in [6, 6.07) is 11.5. The number of likely N-dealkylation sites (N-methyl/N-ethyl adjacent to an activating group) is 1. The van der Waals surface area contributed by atoms with E-state index in [2.05, 4.69) is 15.6 Å². The summed E-state index contributed by atoms with van der Waals surface area (Å²) in [4.78, 5) is 57.1. The number of thiazole rings is 1. The van der Waals surface area contributed by atoms with Crippen LogP contribution in [-0.2, 0) is 27.5 Å². The lowest BCUT2D eigenvalue weighted by Crippen LogP contribution is -2.44. The molecule has 4 rings (SSSR count). The fourth-order valence-corrected chi connectivity index (χ4v) is 5.38. The summed E-state index contributed by atoms with van der Waals surface area (Å²) in [6.07, 6.45) is 2.75. The van der Waals surface area contributed by atoms with Crippen LogP contribution < -0.4 is 20.9 Å². The quantitative estimate of drug-likeness (QED) is 0.186. The SMILES string of the molecule is CN(C)C(=O)/C=C/CCC(OC(=O)NC(C)(C)C)C(=O)Nc1cccn(Cc2nc3cccc(OCc4ccc(F)cc4F)c3s2)c1=O. The lowest BCUT2D eigenvalue weighted by molar-refractivity contribution is -0.124. The smallest absolute Gasteiger partial charge is 0.408 e. The van der Waals surface area contributed by atoms with Crippen LogP contribution in [0.5, 0.6) is 5.75 Å². The number of alkyl carbamates (subject to hydrolysis) is 1. The molecule has 1 unspecified atom stereocenters. The number of carbonyl (C=O) groups is 3. The predicted octanol–water partition coefficient (Wildman–Crippen LogP) is 5.62. The first-order chi connectivity index (χ1) is 22.7. The fraction of sp³-hybridized carbons (Fsp3) is 0.324. The van der Waals surface area contributed by atoms with Gasteiger partial charge in [-0.25, -0.2) is 18.6 Å². The number of fused-ring (bicyclic) bond motifs is 1. The number of hydrogen-bond acceptors (Lipinski definition) is 8. The van der Waals surface area contributed by atoms with Crippen molar-refractivity contribution in [2.75, 3.05) is 19.4 Å². The predicted molar refractivity (Wildman–Crippen MR) is 179 cm³/mol. The molecule has 0 bridgehead atoms. The molecule has 0 saturated heterocycles. The van der Waals surface area contributed by atoms with Crippen molar-refractivity contribution in [3.63, 3.8) is 0 Å². The number of benzene rings is 2. The van der Waals surface area contributed by atoms with E-state index >= 15 is 0 Å². The van der Waals surface area contributed by atoms with Gasteiger partial charge in [0.1, 0.15) is 34.7 Å². The maximum atomic E-state index is 14.1. The molecule has 14 heteroatoms. The third-order valence-electron chi connectivity index (χ3n) is 6.72. The Balaban J connectivity index is 1.48. The molecule has 2 aromatic heterocycles. The lowest BCUT2D eigenvalue weighted by atomic mass is 10.1. The van der Waals surface area contributed by atoms with Gasteiger partial charge in [-0.2, -0.15) is 0 Å². The Morgan fingerprint density at radius 2 is 1.88 bits per heavy atom. The maximum absolute atomic E-state index is 14.1. The van der Waals surface area contributed by atoms with Crippen molar-refractivity contribution in [1.29, 1.82) is 0 Å². The summed E-state index contributed by atoms with van der Waals surface area (Å²) in [6.45, 7) is 5.25. The summed E-state index contributed by atoms with van der Waals surface area (Å²) in [7, 11) is 3.22. The second-order valence-corrected chi connectivity index (χ2v) is 13.1. The van der Waals surface area contributed by atoms with E-state index in [1.165, 1.54) is 39.0 Å². The molecule has 48 heavy (non-hydrogen) atoms. The number of rotatable bonds is 12. The van der Waals surface area contributed by atoms with Gasteiger partial charge in [0.25, 0.3) is 11.5 Å². The molecule has 3 amide bonds. The van der Waals surface area contributed by atoms with Gasteiger partial charge >= 0.3 is 6.09 Å². The molecule has 11 nitrogen and oxygen atoms in total. The molecule has 0 fully saturated rings. The summed E-state index contributed by atoms with van der Waals surface area (Å²) in [5, 5.41) is 5.79. The van der Waals surface area contributed by atoms with E-state index in [0.29, 0.717) is 21.0 Å².